The predicted molar refractivity (Wildman–Crippen MR) is 92.8 cm³/mol. The van der Waals surface area contributed by atoms with E-state index in [0.717, 1.165) is 12.0 Å². The molecule has 116 valence electrons. The lowest BCUT2D eigenvalue weighted by molar-refractivity contribution is -0.121. The highest BCUT2D eigenvalue weighted by Crippen LogP contribution is 2.19. The van der Waals surface area contributed by atoms with Crippen LogP contribution in [0.2, 0.25) is 0 Å². The molecule has 0 atom stereocenters. The summed E-state index contributed by atoms with van der Waals surface area (Å²) >= 11 is 0. The molecule has 1 heterocycles. The van der Waals surface area contributed by atoms with Gasteiger partial charge in [-0.3, -0.25) is 4.79 Å². The van der Waals surface area contributed by atoms with Crippen LogP contribution in [0.1, 0.15) is 17.5 Å². The number of anilines is 1. The zero-order chi connectivity index (χ0) is 16.1. The van der Waals surface area contributed by atoms with Crippen molar-refractivity contribution in [2.24, 2.45) is 0 Å². The first-order valence-corrected chi connectivity index (χ1v) is 7.66. The molecule has 3 aromatic rings. The number of hydrogen-bond acceptors (Lipinski definition) is 3. The van der Waals surface area contributed by atoms with Gasteiger partial charge in [-0.15, -0.1) is 0 Å². The summed E-state index contributed by atoms with van der Waals surface area (Å²) in [6, 6.07) is 18.1. The van der Waals surface area contributed by atoms with Gasteiger partial charge in [0.05, 0.1) is 0 Å². The van der Waals surface area contributed by atoms with Gasteiger partial charge >= 0.3 is 0 Å². The van der Waals surface area contributed by atoms with Crippen molar-refractivity contribution >= 4 is 22.5 Å². The summed E-state index contributed by atoms with van der Waals surface area (Å²) in [7, 11) is 0. The third kappa shape index (κ3) is 3.86. The summed E-state index contributed by atoms with van der Waals surface area (Å²) in [6.07, 6.45) is 2.88. The Bertz CT molecular complexity index is 807. The molecule has 3 rings (SSSR count). The molecule has 1 amide bonds. The van der Waals surface area contributed by atoms with Crippen molar-refractivity contribution in [1.29, 1.82) is 0 Å². The van der Waals surface area contributed by atoms with Crippen molar-refractivity contribution in [3.8, 4) is 0 Å². The summed E-state index contributed by atoms with van der Waals surface area (Å²) in [5, 5.41) is 5.34. The van der Waals surface area contributed by atoms with Gasteiger partial charge in [0.1, 0.15) is 5.82 Å². The molecule has 4 nitrogen and oxygen atoms in total. The highest BCUT2D eigenvalue weighted by Gasteiger charge is 2.05. The second-order valence-electron chi connectivity index (χ2n) is 5.51. The SMILES string of the molecule is Nc1ccc(CNC(=O)CCc2cccc3ccccc23)cn1. The highest BCUT2D eigenvalue weighted by molar-refractivity contribution is 5.86. The van der Waals surface area contributed by atoms with Crippen LogP contribution in [0, 0.1) is 0 Å². The molecular formula is C19H19N3O. The Kier molecular flexibility index (Phi) is 4.52. The molecule has 0 saturated heterocycles. The average Bonchev–Trinajstić information content (AvgIpc) is 2.59. The fourth-order valence-corrected chi connectivity index (χ4v) is 2.59. The van der Waals surface area contributed by atoms with E-state index in [1.165, 1.54) is 16.3 Å². The van der Waals surface area contributed by atoms with Gasteiger partial charge < -0.3 is 11.1 Å². The Balaban J connectivity index is 1.57. The van der Waals surface area contributed by atoms with Gasteiger partial charge in [0.2, 0.25) is 5.91 Å². The van der Waals surface area contributed by atoms with Gasteiger partial charge in [-0.2, -0.15) is 0 Å². The third-order valence-electron chi connectivity index (χ3n) is 3.84. The number of nitrogens with zero attached hydrogens (tertiary/aromatic N) is 1. The van der Waals surface area contributed by atoms with E-state index in [4.69, 9.17) is 5.73 Å². The zero-order valence-corrected chi connectivity index (χ0v) is 12.8. The minimum absolute atomic E-state index is 0.0368. The molecule has 1 aromatic heterocycles. The minimum Gasteiger partial charge on any atom is -0.384 e. The smallest absolute Gasteiger partial charge is 0.220 e. The Morgan fingerprint density at radius 2 is 1.87 bits per heavy atom. The number of benzene rings is 2. The molecule has 0 fully saturated rings. The first-order chi connectivity index (χ1) is 11.2. The summed E-state index contributed by atoms with van der Waals surface area (Å²) < 4.78 is 0. The molecule has 0 aliphatic heterocycles. The van der Waals surface area contributed by atoms with E-state index < -0.39 is 0 Å². The highest BCUT2D eigenvalue weighted by atomic mass is 16.1. The maximum absolute atomic E-state index is 12.0. The van der Waals surface area contributed by atoms with Gasteiger partial charge in [0.15, 0.2) is 0 Å². The quantitative estimate of drug-likeness (QED) is 0.761. The van der Waals surface area contributed by atoms with Gasteiger partial charge in [0.25, 0.3) is 0 Å². The third-order valence-corrected chi connectivity index (χ3v) is 3.84. The number of aryl methyl sites for hydroxylation is 1. The lowest BCUT2D eigenvalue weighted by Gasteiger charge is -2.08. The number of hydrogen-bond donors (Lipinski definition) is 2. The lowest BCUT2D eigenvalue weighted by atomic mass is 10.0. The number of aromatic nitrogens is 1. The summed E-state index contributed by atoms with van der Waals surface area (Å²) in [5.74, 6) is 0.519. The van der Waals surface area contributed by atoms with Crippen molar-refractivity contribution in [2.45, 2.75) is 19.4 Å². The maximum atomic E-state index is 12.0. The van der Waals surface area contributed by atoms with Crippen molar-refractivity contribution in [2.75, 3.05) is 5.73 Å². The number of rotatable bonds is 5. The fourth-order valence-electron chi connectivity index (χ4n) is 2.59. The number of amides is 1. The van der Waals surface area contributed by atoms with Crippen LogP contribution in [0.4, 0.5) is 5.82 Å². The van der Waals surface area contributed by atoms with Crippen LogP contribution in [-0.4, -0.2) is 10.9 Å². The predicted octanol–water partition coefficient (Wildman–Crippen LogP) is 3.07. The minimum atomic E-state index is 0.0368. The average molecular weight is 305 g/mol. The Labute approximate surface area is 135 Å². The zero-order valence-electron chi connectivity index (χ0n) is 12.8. The second-order valence-corrected chi connectivity index (χ2v) is 5.51. The summed E-state index contributed by atoms with van der Waals surface area (Å²) in [6.45, 7) is 0.474. The second kappa shape index (κ2) is 6.92. The Hall–Kier alpha value is -2.88. The maximum Gasteiger partial charge on any atom is 0.220 e. The number of nitrogens with one attached hydrogen (secondary N) is 1. The fraction of sp³-hybridized carbons (Fsp3) is 0.158. The number of carbonyl (C=O) groups excluding carboxylic acids is 1. The number of carbonyl (C=O) groups is 1. The summed E-state index contributed by atoms with van der Waals surface area (Å²) in [5.41, 5.74) is 7.69. The largest absolute Gasteiger partial charge is 0.384 e. The van der Waals surface area contributed by atoms with Crippen LogP contribution in [0.15, 0.2) is 60.8 Å². The van der Waals surface area contributed by atoms with Crippen LogP contribution in [0.3, 0.4) is 0 Å². The molecule has 0 aliphatic carbocycles. The molecule has 3 N–H and O–H groups in total. The van der Waals surface area contributed by atoms with E-state index >= 15 is 0 Å². The number of nitrogen functional groups attached to an aromatic ring is 1. The molecule has 0 saturated carbocycles. The lowest BCUT2D eigenvalue weighted by Crippen LogP contribution is -2.23. The van der Waals surface area contributed by atoms with E-state index in [9.17, 15) is 4.79 Å². The van der Waals surface area contributed by atoms with Crippen LogP contribution >= 0.6 is 0 Å². The van der Waals surface area contributed by atoms with E-state index in [1.54, 1.807) is 12.3 Å². The first kappa shape index (κ1) is 15.0. The van der Waals surface area contributed by atoms with Crippen molar-refractivity contribution in [3.05, 3.63) is 71.9 Å². The van der Waals surface area contributed by atoms with E-state index in [-0.39, 0.29) is 5.91 Å². The molecule has 0 unspecified atom stereocenters. The van der Waals surface area contributed by atoms with Crippen LogP contribution in [0.5, 0.6) is 0 Å². The first-order valence-electron chi connectivity index (χ1n) is 7.66. The molecule has 4 heteroatoms. The van der Waals surface area contributed by atoms with Crippen molar-refractivity contribution in [1.82, 2.24) is 10.3 Å². The monoisotopic (exact) mass is 305 g/mol. The topological polar surface area (TPSA) is 68.0 Å². The molecule has 0 spiro atoms. The summed E-state index contributed by atoms with van der Waals surface area (Å²) in [4.78, 5) is 16.0. The van der Waals surface area contributed by atoms with Crippen molar-refractivity contribution < 1.29 is 4.79 Å². The number of fused-ring (bicyclic) bond motifs is 1. The standard InChI is InChI=1S/C19H19N3O/c20-18-10-8-14(12-21-18)13-22-19(23)11-9-16-6-3-5-15-4-1-2-7-17(15)16/h1-8,10,12H,9,11,13H2,(H2,20,21)(H,22,23). The van der Waals surface area contributed by atoms with E-state index in [2.05, 4.69) is 34.6 Å². The molecule has 0 radical (unpaired) electrons. The Morgan fingerprint density at radius 1 is 1.04 bits per heavy atom. The molecular weight excluding hydrogens is 286 g/mol. The van der Waals surface area contributed by atoms with E-state index in [0.29, 0.717) is 18.8 Å². The van der Waals surface area contributed by atoms with Crippen LogP contribution in [-0.2, 0) is 17.8 Å². The van der Waals surface area contributed by atoms with E-state index in [1.807, 2.05) is 24.3 Å². The number of pyridine rings is 1. The van der Waals surface area contributed by atoms with Gasteiger partial charge in [-0.1, -0.05) is 48.5 Å². The van der Waals surface area contributed by atoms with Crippen LogP contribution < -0.4 is 11.1 Å². The molecule has 23 heavy (non-hydrogen) atoms. The van der Waals surface area contributed by atoms with Gasteiger partial charge in [-0.25, -0.2) is 4.98 Å². The van der Waals surface area contributed by atoms with Crippen molar-refractivity contribution in [3.63, 3.8) is 0 Å². The number of nitrogens with two attached hydrogens (primary N) is 1. The molecule has 2 aromatic carbocycles. The normalized spacial score (nSPS) is 10.6. The van der Waals surface area contributed by atoms with Gasteiger partial charge in [-0.05, 0) is 34.4 Å². The van der Waals surface area contributed by atoms with Crippen LogP contribution in [0.25, 0.3) is 10.8 Å². The van der Waals surface area contributed by atoms with Gasteiger partial charge in [0, 0.05) is 19.2 Å². The Morgan fingerprint density at radius 3 is 2.70 bits per heavy atom. The molecule has 0 aliphatic rings. The molecule has 0 bridgehead atoms.